The quantitative estimate of drug-likeness (QED) is 0.797. The Kier molecular flexibility index (Phi) is 4.24. The maximum absolute atomic E-state index is 5.79. The summed E-state index contributed by atoms with van der Waals surface area (Å²) in [6, 6.07) is 16.3. The molecule has 94 valence electrons. The van der Waals surface area contributed by atoms with E-state index in [-0.39, 0.29) is 0 Å². The standard InChI is InChI=1S/C16H18O2/c1-13-8-9-15(17-2)16(12-13)18-11-10-14-6-4-3-5-7-14/h3-9,12H,10-11H2,1-2H3. The molecule has 0 aliphatic rings. The van der Waals surface area contributed by atoms with Crippen LogP contribution in [0.1, 0.15) is 11.1 Å². The summed E-state index contributed by atoms with van der Waals surface area (Å²) in [6.07, 6.45) is 0.901. The molecule has 2 heteroatoms. The molecule has 2 rings (SSSR count). The Balaban J connectivity index is 1.96. The van der Waals surface area contributed by atoms with Crippen LogP contribution < -0.4 is 9.47 Å². The SMILES string of the molecule is COc1ccc(C)cc1OCCc1ccccc1. The van der Waals surface area contributed by atoms with Crippen molar-refractivity contribution in [1.82, 2.24) is 0 Å². The Labute approximate surface area is 108 Å². The van der Waals surface area contributed by atoms with Crippen LogP contribution in [0.3, 0.4) is 0 Å². The highest BCUT2D eigenvalue weighted by Crippen LogP contribution is 2.27. The van der Waals surface area contributed by atoms with E-state index >= 15 is 0 Å². The highest BCUT2D eigenvalue weighted by Gasteiger charge is 2.04. The third-order valence-corrected chi connectivity index (χ3v) is 2.81. The molecule has 18 heavy (non-hydrogen) atoms. The Morgan fingerprint density at radius 2 is 1.72 bits per heavy atom. The number of aryl methyl sites for hydroxylation is 1. The zero-order chi connectivity index (χ0) is 12.8. The van der Waals surface area contributed by atoms with Crippen molar-refractivity contribution >= 4 is 0 Å². The fourth-order valence-corrected chi connectivity index (χ4v) is 1.82. The summed E-state index contributed by atoms with van der Waals surface area (Å²) in [5.41, 5.74) is 2.45. The highest BCUT2D eigenvalue weighted by molar-refractivity contribution is 5.42. The minimum atomic E-state index is 0.657. The lowest BCUT2D eigenvalue weighted by Crippen LogP contribution is -2.02. The third-order valence-electron chi connectivity index (χ3n) is 2.81. The smallest absolute Gasteiger partial charge is 0.161 e. The van der Waals surface area contributed by atoms with E-state index < -0.39 is 0 Å². The summed E-state index contributed by atoms with van der Waals surface area (Å²) in [6.45, 7) is 2.70. The molecule has 0 heterocycles. The van der Waals surface area contributed by atoms with Gasteiger partial charge in [0.1, 0.15) is 0 Å². The molecule has 2 aromatic carbocycles. The summed E-state index contributed by atoms with van der Waals surface area (Å²) >= 11 is 0. The minimum Gasteiger partial charge on any atom is -0.493 e. The van der Waals surface area contributed by atoms with Gasteiger partial charge >= 0.3 is 0 Å². The van der Waals surface area contributed by atoms with Crippen molar-refractivity contribution in [1.29, 1.82) is 0 Å². The molecule has 0 aliphatic heterocycles. The molecule has 0 radical (unpaired) electrons. The Hall–Kier alpha value is -1.96. The number of hydrogen-bond donors (Lipinski definition) is 0. The van der Waals surface area contributed by atoms with E-state index in [9.17, 15) is 0 Å². The van der Waals surface area contributed by atoms with Gasteiger partial charge < -0.3 is 9.47 Å². The number of methoxy groups -OCH3 is 1. The van der Waals surface area contributed by atoms with E-state index in [1.54, 1.807) is 7.11 Å². The molecular weight excluding hydrogens is 224 g/mol. The van der Waals surface area contributed by atoms with Crippen molar-refractivity contribution in [3.05, 3.63) is 59.7 Å². The van der Waals surface area contributed by atoms with E-state index in [1.165, 1.54) is 11.1 Å². The molecule has 0 aliphatic carbocycles. The average molecular weight is 242 g/mol. The number of benzene rings is 2. The summed E-state index contributed by atoms with van der Waals surface area (Å²) in [7, 11) is 1.66. The molecule has 0 saturated carbocycles. The van der Waals surface area contributed by atoms with Gasteiger partial charge in [-0.15, -0.1) is 0 Å². The maximum atomic E-state index is 5.79. The molecule has 2 nitrogen and oxygen atoms in total. The first-order chi connectivity index (χ1) is 8.79. The van der Waals surface area contributed by atoms with Crippen LogP contribution in [0, 0.1) is 6.92 Å². The average Bonchev–Trinajstić information content (AvgIpc) is 2.40. The van der Waals surface area contributed by atoms with Crippen LogP contribution in [-0.4, -0.2) is 13.7 Å². The lowest BCUT2D eigenvalue weighted by molar-refractivity contribution is 0.297. The van der Waals surface area contributed by atoms with Gasteiger partial charge in [-0.1, -0.05) is 36.4 Å². The van der Waals surface area contributed by atoms with E-state index in [4.69, 9.17) is 9.47 Å². The maximum Gasteiger partial charge on any atom is 0.161 e. The molecule has 0 N–H and O–H groups in total. The van der Waals surface area contributed by atoms with Crippen LogP contribution >= 0.6 is 0 Å². The van der Waals surface area contributed by atoms with Crippen LogP contribution in [0.25, 0.3) is 0 Å². The topological polar surface area (TPSA) is 18.5 Å². The normalized spacial score (nSPS) is 10.1. The first kappa shape index (κ1) is 12.5. The largest absolute Gasteiger partial charge is 0.493 e. The molecule has 0 spiro atoms. The monoisotopic (exact) mass is 242 g/mol. The van der Waals surface area contributed by atoms with Crippen molar-refractivity contribution in [2.24, 2.45) is 0 Å². The molecule has 2 aromatic rings. The lowest BCUT2D eigenvalue weighted by atomic mass is 10.2. The van der Waals surface area contributed by atoms with Crippen molar-refractivity contribution in [3.63, 3.8) is 0 Å². The molecular formula is C16H18O2. The summed E-state index contributed by atoms with van der Waals surface area (Å²) in [4.78, 5) is 0. The van der Waals surface area contributed by atoms with E-state index in [2.05, 4.69) is 12.1 Å². The van der Waals surface area contributed by atoms with Crippen LogP contribution in [-0.2, 0) is 6.42 Å². The minimum absolute atomic E-state index is 0.657. The van der Waals surface area contributed by atoms with Gasteiger partial charge in [-0.25, -0.2) is 0 Å². The van der Waals surface area contributed by atoms with E-state index in [1.807, 2.05) is 43.3 Å². The fraction of sp³-hybridized carbons (Fsp3) is 0.250. The third kappa shape index (κ3) is 3.27. The van der Waals surface area contributed by atoms with Gasteiger partial charge in [-0.2, -0.15) is 0 Å². The Morgan fingerprint density at radius 1 is 0.944 bits per heavy atom. The number of hydrogen-bond acceptors (Lipinski definition) is 2. The van der Waals surface area contributed by atoms with Gasteiger partial charge in [0.2, 0.25) is 0 Å². The van der Waals surface area contributed by atoms with Crippen molar-refractivity contribution in [2.75, 3.05) is 13.7 Å². The van der Waals surface area contributed by atoms with E-state index in [0.29, 0.717) is 6.61 Å². The molecule has 0 aromatic heterocycles. The molecule has 0 atom stereocenters. The second kappa shape index (κ2) is 6.10. The highest BCUT2D eigenvalue weighted by atomic mass is 16.5. The number of ether oxygens (including phenoxy) is 2. The zero-order valence-corrected chi connectivity index (χ0v) is 10.8. The molecule has 0 bridgehead atoms. The predicted octanol–water partition coefficient (Wildman–Crippen LogP) is 3.63. The van der Waals surface area contributed by atoms with Gasteiger partial charge in [0.15, 0.2) is 11.5 Å². The first-order valence-electron chi connectivity index (χ1n) is 6.11. The molecule has 0 saturated heterocycles. The van der Waals surface area contributed by atoms with Crippen LogP contribution in [0.15, 0.2) is 48.5 Å². The van der Waals surface area contributed by atoms with Gasteiger partial charge in [0, 0.05) is 6.42 Å². The van der Waals surface area contributed by atoms with Crippen LogP contribution in [0.5, 0.6) is 11.5 Å². The second-order valence-electron chi connectivity index (χ2n) is 4.24. The molecule has 0 unspecified atom stereocenters. The molecule has 0 amide bonds. The second-order valence-corrected chi connectivity index (χ2v) is 4.24. The first-order valence-corrected chi connectivity index (χ1v) is 6.11. The van der Waals surface area contributed by atoms with Gasteiger partial charge in [-0.3, -0.25) is 0 Å². The fourth-order valence-electron chi connectivity index (χ4n) is 1.82. The van der Waals surface area contributed by atoms with Crippen molar-refractivity contribution in [2.45, 2.75) is 13.3 Å². The van der Waals surface area contributed by atoms with Crippen molar-refractivity contribution in [3.8, 4) is 11.5 Å². The molecule has 0 fully saturated rings. The van der Waals surface area contributed by atoms with Crippen molar-refractivity contribution < 1.29 is 9.47 Å². The zero-order valence-electron chi connectivity index (χ0n) is 10.8. The Bertz CT molecular complexity index is 492. The Morgan fingerprint density at radius 3 is 2.44 bits per heavy atom. The van der Waals surface area contributed by atoms with Gasteiger partial charge in [0.25, 0.3) is 0 Å². The lowest BCUT2D eigenvalue weighted by Gasteiger charge is -2.11. The summed E-state index contributed by atoms with van der Waals surface area (Å²) < 4.78 is 11.1. The van der Waals surface area contributed by atoms with Gasteiger partial charge in [-0.05, 0) is 30.2 Å². The predicted molar refractivity (Wildman–Crippen MR) is 73.4 cm³/mol. The van der Waals surface area contributed by atoms with Crippen LogP contribution in [0.2, 0.25) is 0 Å². The van der Waals surface area contributed by atoms with Gasteiger partial charge in [0.05, 0.1) is 13.7 Å². The van der Waals surface area contributed by atoms with Crippen LogP contribution in [0.4, 0.5) is 0 Å². The van der Waals surface area contributed by atoms with E-state index in [0.717, 1.165) is 17.9 Å². The summed E-state index contributed by atoms with van der Waals surface area (Å²) in [5, 5.41) is 0. The number of rotatable bonds is 5. The summed E-state index contributed by atoms with van der Waals surface area (Å²) in [5.74, 6) is 1.60.